The van der Waals surface area contributed by atoms with Crippen molar-refractivity contribution in [3.05, 3.63) is 28.2 Å². The Balaban J connectivity index is 1.88. The third-order valence-electron chi connectivity index (χ3n) is 4.30. The fourth-order valence-corrected chi connectivity index (χ4v) is 3.52. The number of fused-ring (bicyclic) bond motifs is 1. The molecule has 104 valence electrons. The van der Waals surface area contributed by atoms with Gasteiger partial charge in [-0.15, -0.1) is 0 Å². The average molecular weight is 326 g/mol. The highest BCUT2D eigenvalue weighted by molar-refractivity contribution is 9.10. The SMILES string of the molecule is CC(C)N1CCC2(CC(O)c3ccc(Br)cc3O2)C1. The van der Waals surface area contributed by atoms with Gasteiger partial charge in [-0.25, -0.2) is 0 Å². The number of hydrogen-bond acceptors (Lipinski definition) is 3. The molecule has 0 aromatic heterocycles. The third kappa shape index (κ3) is 2.41. The topological polar surface area (TPSA) is 32.7 Å². The lowest BCUT2D eigenvalue weighted by Gasteiger charge is -2.38. The minimum absolute atomic E-state index is 0.211. The van der Waals surface area contributed by atoms with Gasteiger partial charge < -0.3 is 9.84 Å². The Labute approximate surface area is 122 Å². The van der Waals surface area contributed by atoms with Crippen LogP contribution < -0.4 is 4.74 Å². The third-order valence-corrected chi connectivity index (χ3v) is 4.80. The van der Waals surface area contributed by atoms with Gasteiger partial charge in [-0.3, -0.25) is 4.90 Å². The zero-order chi connectivity index (χ0) is 13.6. The van der Waals surface area contributed by atoms with Gasteiger partial charge in [0.25, 0.3) is 0 Å². The van der Waals surface area contributed by atoms with Crippen LogP contribution in [0, 0.1) is 0 Å². The monoisotopic (exact) mass is 325 g/mol. The highest BCUT2D eigenvalue weighted by Crippen LogP contribution is 2.44. The van der Waals surface area contributed by atoms with Crippen LogP contribution >= 0.6 is 15.9 Å². The maximum atomic E-state index is 10.4. The summed E-state index contributed by atoms with van der Waals surface area (Å²) in [6.07, 6.45) is 1.28. The second-order valence-electron chi connectivity index (χ2n) is 6.00. The van der Waals surface area contributed by atoms with E-state index >= 15 is 0 Å². The smallest absolute Gasteiger partial charge is 0.127 e. The highest BCUT2D eigenvalue weighted by Gasteiger charge is 2.46. The zero-order valence-corrected chi connectivity index (χ0v) is 13.0. The second kappa shape index (κ2) is 4.76. The molecule has 1 aromatic rings. The number of aliphatic hydroxyl groups excluding tert-OH is 1. The molecule has 2 atom stereocenters. The Hall–Kier alpha value is -0.580. The Bertz CT molecular complexity index is 491. The van der Waals surface area contributed by atoms with Gasteiger partial charge in [0.05, 0.1) is 6.10 Å². The first-order valence-electron chi connectivity index (χ1n) is 6.90. The van der Waals surface area contributed by atoms with Crippen LogP contribution in [-0.2, 0) is 0 Å². The van der Waals surface area contributed by atoms with Crippen LogP contribution in [0.2, 0.25) is 0 Å². The highest BCUT2D eigenvalue weighted by atomic mass is 79.9. The molecule has 3 nitrogen and oxygen atoms in total. The second-order valence-corrected chi connectivity index (χ2v) is 6.92. The fraction of sp³-hybridized carbons (Fsp3) is 0.600. The first-order valence-corrected chi connectivity index (χ1v) is 7.69. The van der Waals surface area contributed by atoms with E-state index in [1.54, 1.807) is 0 Å². The van der Waals surface area contributed by atoms with E-state index in [0.717, 1.165) is 35.3 Å². The van der Waals surface area contributed by atoms with Gasteiger partial charge in [-0.05, 0) is 26.0 Å². The summed E-state index contributed by atoms with van der Waals surface area (Å²) in [7, 11) is 0. The largest absolute Gasteiger partial charge is 0.485 e. The standard InChI is InChI=1S/C15H20BrNO2/c1-10(2)17-6-5-15(9-17)8-13(18)12-4-3-11(16)7-14(12)19-15/h3-4,7,10,13,18H,5-6,8-9H2,1-2H3. The van der Waals surface area contributed by atoms with E-state index in [4.69, 9.17) is 4.74 Å². The molecule has 2 heterocycles. The van der Waals surface area contributed by atoms with E-state index in [0.29, 0.717) is 12.5 Å². The number of halogens is 1. The number of nitrogens with zero attached hydrogens (tertiary/aromatic N) is 1. The Morgan fingerprint density at radius 3 is 2.95 bits per heavy atom. The molecule has 3 rings (SSSR count). The van der Waals surface area contributed by atoms with Gasteiger partial charge in [-0.1, -0.05) is 22.0 Å². The Kier molecular flexibility index (Phi) is 3.36. The number of ether oxygens (including phenoxy) is 1. The first kappa shape index (κ1) is 13.4. The van der Waals surface area contributed by atoms with Gasteiger partial charge in [0.15, 0.2) is 0 Å². The van der Waals surface area contributed by atoms with E-state index in [9.17, 15) is 5.11 Å². The van der Waals surface area contributed by atoms with Gasteiger partial charge in [0.1, 0.15) is 11.4 Å². The lowest BCUT2D eigenvalue weighted by molar-refractivity contribution is -0.00894. The van der Waals surface area contributed by atoms with Crippen LogP contribution in [-0.4, -0.2) is 34.7 Å². The van der Waals surface area contributed by atoms with Crippen molar-refractivity contribution >= 4 is 15.9 Å². The van der Waals surface area contributed by atoms with Crippen molar-refractivity contribution in [2.24, 2.45) is 0 Å². The molecule has 19 heavy (non-hydrogen) atoms. The molecule has 1 saturated heterocycles. The van der Waals surface area contributed by atoms with Crippen molar-refractivity contribution in [2.75, 3.05) is 13.1 Å². The molecule has 1 aromatic carbocycles. The number of hydrogen-bond donors (Lipinski definition) is 1. The van der Waals surface area contributed by atoms with E-state index in [2.05, 4.69) is 34.7 Å². The summed E-state index contributed by atoms with van der Waals surface area (Å²) in [5.74, 6) is 0.832. The van der Waals surface area contributed by atoms with Gasteiger partial charge in [0, 0.05) is 42.0 Å². The van der Waals surface area contributed by atoms with E-state index in [1.165, 1.54) is 0 Å². The lowest BCUT2D eigenvalue weighted by Crippen LogP contribution is -2.44. The molecule has 0 amide bonds. The number of benzene rings is 1. The molecule has 2 aliphatic heterocycles. The van der Waals surface area contributed by atoms with Crippen molar-refractivity contribution in [3.63, 3.8) is 0 Å². The maximum absolute atomic E-state index is 10.4. The Morgan fingerprint density at radius 2 is 2.26 bits per heavy atom. The number of likely N-dealkylation sites (tertiary alicyclic amines) is 1. The minimum Gasteiger partial charge on any atom is -0.485 e. The molecule has 2 unspecified atom stereocenters. The molecule has 0 radical (unpaired) electrons. The lowest BCUT2D eigenvalue weighted by atomic mass is 9.88. The van der Waals surface area contributed by atoms with Gasteiger partial charge >= 0.3 is 0 Å². The fourth-order valence-electron chi connectivity index (χ4n) is 3.18. The predicted octanol–water partition coefficient (Wildman–Crippen LogP) is 3.12. The summed E-state index contributed by atoms with van der Waals surface area (Å²) >= 11 is 3.47. The van der Waals surface area contributed by atoms with Crippen molar-refractivity contribution < 1.29 is 9.84 Å². The molecule has 0 bridgehead atoms. The molecule has 2 aliphatic rings. The summed E-state index contributed by atoms with van der Waals surface area (Å²) in [4.78, 5) is 2.43. The van der Waals surface area contributed by atoms with Crippen LogP contribution in [0.15, 0.2) is 22.7 Å². The molecule has 1 N–H and O–H groups in total. The predicted molar refractivity (Wildman–Crippen MR) is 78.4 cm³/mol. The van der Waals surface area contributed by atoms with Gasteiger partial charge in [0.2, 0.25) is 0 Å². The van der Waals surface area contributed by atoms with Crippen LogP contribution in [0.1, 0.15) is 38.4 Å². The molecule has 4 heteroatoms. The quantitative estimate of drug-likeness (QED) is 0.861. The average Bonchev–Trinajstić information content (AvgIpc) is 2.72. The Morgan fingerprint density at radius 1 is 1.47 bits per heavy atom. The molecule has 0 saturated carbocycles. The maximum Gasteiger partial charge on any atom is 0.127 e. The summed E-state index contributed by atoms with van der Waals surface area (Å²) in [6, 6.07) is 6.41. The van der Waals surface area contributed by atoms with E-state index in [1.807, 2.05) is 18.2 Å². The number of aliphatic hydroxyl groups is 1. The van der Waals surface area contributed by atoms with E-state index in [-0.39, 0.29) is 5.60 Å². The molecular weight excluding hydrogens is 306 g/mol. The van der Waals surface area contributed by atoms with Crippen molar-refractivity contribution in [3.8, 4) is 5.75 Å². The van der Waals surface area contributed by atoms with Crippen LogP contribution in [0.3, 0.4) is 0 Å². The summed E-state index contributed by atoms with van der Waals surface area (Å²) in [5.41, 5.74) is 0.703. The number of rotatable bonds is 1. The molecule has 1 fully saturated rings. The van der Waals surface area contributed by atoms with Crippen LogP contribution in [0.4, 0.5) is 0 Å². The van der Waals surface area contributed by atoms with Crippen molar-refractivity contribution in [1.29, 1.82) is 0 Å². The van der Waals surface area contributed by atoms with Crippen LogP contribution in [0.25, 0.3) is 0 Å². The van der Waals surface area contributed by atoms with E-state index < -0.39 is 6.10 Å². The van der Waals surface area contributed by atoms with Gasteiger partial charge in [-0.2, -0.15) is 0 Å². The minimum atomic E-state index is -0.413. The molecule has 0 aliphatic carbocycles. The summed E-state index contributed by atoms with van der Waals surface area (Å²) < 4.78 is 7.28. The molecule has 1 spiro atoms. The summed E-state index contributed by atoms with van der Waals surface area (Å²) in [6.45, 7) is 6.38. The summed E-state index contributed by atoms with van der Waals surface area (Å²) in [5, 5.41) is 10.4. The first-order chi connectivity index (χ1) is 8.99. The zero-order valence-electron chi connectivity index (χ0n) is 11.4. The van der Waals surface area contributed by atoms with Crippen LogP contribution in [0.5, 0.6) is 5.75 Å². The molecular formula is C15H20BrNO2. The normalized spacial score (nSPS) is 30.7. The van der Waals surface area contributed by atoms with Crippen molar-refractivity contribution in [2.45, 2.75) is 44.4 Å². The van der Waals surface area contributed by atoms with Crippen molar-refractivity contribution in [1.82, 2.24) is 4.90 Å².